The molecule has 1 amide bonds. The van der Waals surface area contributed by atoms with Gasteiger partial charge >= 0.3 is 0 Å². The Balaban J connectivity index is 0.000000114. The molecule has 468 valence electrons. The van der Waals surface area contributed by atoms with Crippen molar-refractivity contribution in [3.05, 3.63) is 171 Å². The molecule has 0 aliphatic heterocycles. The number of hydrogen-bond donors (Lipinski definition) is 7. The first-order valence-corrected chi connectivity index (χ1v) is 29.9. The normalized spacial score (nSPS) is 11.3. The van der Waals surface area contributed by atoms with E-state index < -0.39 is 0 Å². The van der Waals surface area contributed by atoms with Crippen LogP contribution < -0.4 is 34.0 Å². The van der Waals surface area contributed by atoms with Crippen LogP contribution in [0.1, 0.15) is 26.7 Å². The van der Waals surface area contributed by atoms with Crippen LogP contribution in [0.3, 0.4) is 0 Å². The number of amides is 1. The van der Waals surface area contributed by atoms with E-state index in [2.05, 4.69) is 117 Å². The van der Waals surface area contributed by atoms with Crippen molar-refractivity contribution in [2.45, 2.75) is 31.8 Å². The fourth-order valence-electron chi connectivity index (χ4n) is 9.19. The van der Waals surface area contributed by atoms with Gasteiger partial charge < -0.3 is 33.7 Å². The van der Waals surface area contributed by atoms with Crippen molar-refractivity contribution in [3.63, 3.8) is 0 Å². The third-order valence-corrected chi connectivity index (χ3v) is 14.9. The SMILES string of the molecule is CCC(C)CC(=O)Nc1nccc(-n2ncc3c(N)ncnc32)n1.CSc1nccc(-n2ncc3c(N)ncnc32)n1.Nc1ncnc2c1cnn2-c1ccc2[nH]ccc2c1.Nc1ncnc2c1cnn2-c1cccc(Cl)c1.Nc1ncnc2c1cnn2-c1ccncc1. The van der Waals surface area contributed by atoms with E-state index in [1.165, 1.54) is 48.1 Å². The predicted octanol–water partition coefficient (Wildman–Crippen LogP) is 7.19. The molecule has 0 bridgehead atoms. The molecule has 33 nitrogen and oxygen atoms in total. The van der Waals surface area contributed by atoms with Crippen molar-refractivity contribution in [3.8, 4) is 28.7 Å². The molecule has 12 N–H and O–H groups in total. The number of thioether (sulfide) groups is 1. The molecule has 94 heavy (non-hydrogen) atoms. The monoisotopic (exact) mass is 1290 g/mol. The van der Waals surface area contributed by atoms with Crippen LogP contribution in [0.5, 0.6) is 0 Å². The van der Waals surface area contributed by atoms with Crippen molar-refractivity contribution in [2.75, 3.05) is 40.2 Å². The number of benzene rings is 2. The van der Waals surface area contributed by atoms with Crippen LogP contribution in [0.15, 0.2) is 172 Å². The fraction of sp³-hybridized carbons (Fsp3) is 0.102. The number of pyridine rings is 1. The Morgan fingerprint density at radius 3 is 1.47 bits per heavy atom. The summed E-state index contributed by atoms with van der Waals surface area (Å²) < 4.78 is 8.29. The largest absolute Gasteiger partial charge is 0.383 e. The molecule has 14 heterocycles. The average Bonchev–Trinajstić information content (AvgIpc) is 1.68. The van der Waals surface area contributed by atoms with E-state index >= 15 is 0 Å². The summed E-state index contributed by atoms with van der Waals surface area (Å²) in [6, 6.07) is 22.6. The molecular formula is C59H53ClN32OS. The number of nitrogens with zero attached hydrogens (tertiary/aromatic N) is 25. The molecule has 1 atom stereocenters. The van der Waals surface area contributed by atoms with Crippen molar-refractivity contribution in [2.24, 2.45) is 5.92 Å². The highest BCUT2D eigenvalue weighted by molar-refractivity contribution is 7.98. The number of fused-ring (bicyclic) bond motifs is 6. The summed E-state index contributed by atoms with van der Waals surface area (Å²) in [5, 5.41) is 30.0. The smallest absolute Gasteiger partial charge is 0.231 e. The second-order valence-corrected chi connectivity index (χ2v) is 21.3. The third kappa shape index (κ3) is 13.2. The van der Waals surface area contributed by atoms with Gasteiger partial charge in [-0.05, 0) is 66.8 Å². The standard InChI is InChI=1S/C15H18N8O.C13H10N6.C11H8ClN5.C10H9N7S.C10H8N6/c1-3-9(2)6-12(24)22-15-17-5-4-11(21-15)23-14-10(7-20-23)13(16)18-8-19-14;14-12-10-6-18-19(13(10)17-7-16-12)9-1-2-11-8(5-9)3-4-15-11;12-7-2-1-3-8(4-7)17-11-9(5-16-17)10(13)14-6-15-11;1-18-10-12-3-2-7(16-10)17-9-6(4-15-17)8(11)13-5-14-9;11-9-8-5-15-16(10(8)14-6-13-9)7-1-3-12-4-2-7/h4-5,7-9H,3,6H2,1-2H3,(H2,16,18,19)(H,17,21,22,24);1-7,15H,(H2,14,16,17);1-6H,(H2,13,14,15);2-5H,1H3,(H2,11,13,14);1-6H,(H2,11,13,14). The lowest BCUT2D eigenvalue weighted by atomic mass is 10.1. The van der Waals surface area contributed by atoms with Gasteiger partial charge in [0.05, 0.1) is 75.0 Å². The van der Waals surface area contributed by atoms with E-state index in [-0.39, 0.29) is 11.9 Å². The highest BCUT2D eigenvalue weighted by Crippen LogP contribution is 2.26. The number of H-pyrrole nitrogens is 1. The summed E-state index contributed by atoms with van der Waals surface area (Å²) in [6.07, 6.45) is 27.1. The molecule has 0 saturated heterocycles. The number of carbonyl (C=O) groups excluding carboxylic acids is 1. The lowest BCUT2D eigenvalue weighted by Gasteiger charge is -2.09. The number of anilines is 6. The first-order valence-electron chi connectivity index (χ1n) is 28.3. The van der Waals surface area contributed by atoms with Crippen molar-refractivity contribution >= 4 is 130 Å². The number of aromatic amines is 1. The Bertz CT molecular complexity index is 5320. The van der Waals surface area contributed by atoms with E-state index in [1.54, 1.807) is 92.7 Å². The summed E-state index contributed by atoms with van der Waals surface area (Å²) in [6.45, 7) is 4.07. The lowest BCUT2D eigenvalue weighted by molar-refractivity contribution is -0.117. The van der Waals surface area contributed by atoms with Crippen molar-refractivity contribution in [1.29, 1.82) is 0 Å². The number of hydrogen-bond acceptors (Lipinski definition) is 27. The van der Waals surface area contributed by atoms with Gasteiger partial charge in [-0.1, -0.05) is 49.7 Å². The van der Waals surface area contributed by atoms with E-state index in [0.29, 0.717) is 102 Å². The molecule has 2 aromatic carbocycles. The van der Waals surface area contributed by atoms with Gasteiger partial charge in [0.15, 0.2) is 45.0 Å². The minimum absolute atomic E-state index is 0.113. The first kappa shape index (κ1) is 61.4. The topological polar surface area (TPSA) is 457 Å². The van der Waals surface area contributed by atoms with Gasteiger partial charge in [0.1, 0.15) is 60.7 Å². The van der Waals surface area contributed by atoms with Gasteiger partial charge in [0.2, 0.25) is 11.9 Å². The maximum atomic E-state index is 12.0. The summed E-state index contributed by atoms with van der Waals surface area (Å²) in [7, 11) is 0. The quantitative estimate of drug-likeness (QED) is 0.0525. The Labute approximate surface area is 539 Å². The van der Waals surface area contributed by atoms with E-state index in [9.17, 15) is 4.79 Å². The Kier molecular flexibility index (Phi) is 18.0. The van der Waals surface area contributed by atoms with Crippen LogP contribution in [0.2, 0.25) is 5.02 Å². The molecule has 1 unspecified atom stereocenters. The van der Waals surface area contributed by atoms with Gasteiger partial charge in [-0.2, -0.15) is 39.8 Å². The molecular weight excluding hydrogens is 1240 g/mol. The average molecular weight is 1290 g/mol. The maximum absolute atomic E-state index is 12.0. The van der Waals surface area contributed by atoms with E-state index in [4.69, 9.17) is 40.3 Å². The number of nitrogens with one attached hydrogen (secondary N) is 2. The van der Waals surface area contributed by atoms with Crippen molar-refractivity contribution < 1.29 is 4.79 Å². The second kappa shape index (κ2) is 27.5. The van der Waals surface area contributed by atoms with Crippen LogP contribution in [-0.2, 0) is 4.79 Å². The summed E-state index contributed by atoms with van der Waals surface area (Å²) >= 11 is 7.41. The van der Waals surface area contributed by atoms with Crippen LogP contribution in [0.25, 0.3) is 94.8 Å². The fourth-order valence-corrected chi connectivity index (χ4v) is 9.73. The van der Waals surface area contributed by atoms with Crippen LogP contribution in [0.4, 0.5) is 35.0 Å². The van der Waals surface area contributed by atoms with Crippen LogP contribution in [0, 0.1) is 5.92 Å². The van der Waals surface area contributed by atoms with Gasteiger partial charge in [-0.25, -0.2) is 78.8 Å². The molecule has 0 radical (unpaired) electrons. The third-order valence-electron chi connectivity index (χ3n) is 14.1. The highest BCUT2D eigenvalue weighted by Gasteiger charge is 2.16. The molecule has 16 rings (SSSR count). The minimum Gasteiger partial charge on any atom is -0.383 e. The van der Waals surface area contributed by atoms with Crippen LogP contribution in [-0.4, -0.2) is 141 Å². The lowest BCUT2D eigenvalue weighted by Crippen LogP contribution is -2.17. The Hall–Kier alpha value is -12.9. The summed E-state index contributed by atoms with van der Waals surface area (Å²) in [5.74, 6) is 3.62. The molecule has 16 aromatic rings. The molecule has 14 aromatic heterocycles. The van der Waals surface area contributed by atoms with E-state index in [1.807, 2.05) is 74.8 Å². The maximum Gasteiger partial charge on any atom is 0.231 e. The van der Waals surface area contributed by atoms with Gasteiger partial charge in [0, 0.05) is 65.5 Å². The van der Waals surface area contributed by atoms with Crippen LogP contribution >= 0.6 is 23.4 Å². The Morgan fingerprint density at radius 2 is 0.979 bits per heavy atom. The predicted molar refractivity (Wildman–Crippen MR) is 356 cm³/mol. The number of aromatic nitrogens is 26. The van der Waals surface area contributed by atoms with Crippen molar-refractivity contribution in [1.82, 2.24) is 129 Å². The number of carbonyl (C=O) groups is 1. The number of rotatable bonds is 10. The highest BCUT2D eigenvalue weighted by atomic mass is 35.5. The number of nitrogen functional groups attached to an aromatic ring is 5. The zero-order valence-corrected chi connectivity index (χ0v) is 51.4. The molecule has 35 heteroatoms. The Morgan fingerprint density at radius 1 is 0.521 bits per heavy atom. The zero-order chi connectivity index (χ0) is 65.2. The molecule has 0 fully saturated rings. The molecule has 0 aliphatic carbocycles. The summed E-state index contributed by atoms with van der Waals surface area (Å²) in [4.78, 5) is 76.6. The minimum atomic E-state index is -0.113. The van der Waals surface area contributed by atoms with Gasteiger partial charge in [-0.15, -0.1) is 0 Å². The molecule has 0 saturated carbocycles. The zero-order valence-electron chi connectivity index (χ0n) is 49.8. The molecule has 0 aliphatic rings. The number of halogens is 1. The van der Waals surface area contributed by atoms with Gasteiger partial charge in [-0.3, -0.25) is 15.1 Å². The van der Waals surface area contributed by atoms with Gasteiger partial charge in [0.25, 0.3) is 0 Å². The molecule has 0 spiro atoms. The number of nitrogens with two attached hydrogens (primary N) is 5. The second-order valence-electron chi connectivity index (χ2n) is 20.1. The van der Waals surface area contributed by atoms with E-state index in [0.717, 1.165) is 50.5 Å². The first-order chi connectivity index (χ1) is 45.8. The summed E-state index contributed by atoms with van der Waals surface area (Å²) in [5.41, 5.74) is 35.9.